The SMILES string of the molecule is CC(C)OCCOc1cccc(-c2cn(C3CC(CN4CCC4)C3)c3ncnc(N)c23)c1. The first-order valence-corrected chi connectivity index (χ1v) is 11.8. The van der Waals surface area contributed by atoms with Gasteiger partial charge in [-0.2, -0.15) is 0 Å². The molecular weight excluding hydrogens is 402 g/mol. The van der Waals surface area contributed by atoms with Gasteiger partial charge in [-0.05, 0) is 69.8 Å². The molecule has 0 radical (unpaired) electrons. The molecule has 0 atom stereocenters. The summed E-state index contributed by atoms with van der Waals surface area (Å²) in [7, 11) is 0. The summed E-state index contributed by atoms with van der Waals surface area (Å²) in [5.74, 6) is 2.13. The van der Waals surface area contributed by atoms with Gasteiger partial charge in [0.2, 0.25) is 0 Å². The number of anilines is 1. The van der Waals surface area contributed by atoms with Gasteiger partial charge >= 0.3 is 0 Å². The van der Waals surface area contributed by atoms with Gasteiger partial charge in [0.25, 0.3) is 0 Å². The van der Waals surface area contributed by atoms with Gasteiger partial charge in [0, 0.05) is 24.3 Å². The maximum absolute atomic E-state index is 6.33. The Kier molecular flexibility index (Phi) is 6.02. The van der Waals surface area contributed by atoms with Crippen molar-refractivity contribution < 1.29 is 9.47 Å². The fourth-order valence-corrected chi connectivity index (χ4v) is 4.81. The molecule has 1 aliphatic heterocycles. The monoisotopic (exact) mass is 435 g/mol. The number of nitrogen functional groups attached to an aromatic ring is 1. The molecule has 7 nitrogen and oxygen atoms in total. The Balaban J connectivity index is 1.37. The van der Waals surface area contributed by atoms with Gasteiger partial charge in [-0.15, -0.1) is 0 Å². The first-order valence-electron chi connectivity index (χ1n) is 11.8. The van der Waals surface area contributed by atoms with Crippen molar-refractivity contribution in [3.8, 4) is 16.9 Å². The molecule has 1 aliphatic carbocycles. The van der Waals surface area contributed by atoms with Crippen molar-refractivity contribution in [3.63, 3.8) is 0 Å². The van der Waals surface area contributed by atoms with Gasteiger partial charge in [0.05, 0.1) is 18.1 Å². The average Bonchev–Trinajstić information content (AvgIpc) is 3.10. The van der Waals surface area contributed by atoms with Gasteiger partial charge in [-0.3, -0.25) is 0 Å². The molecule has 0 unspecified atom stereocenters. The van der Waals surface area contributed by atoms with Crippen LogP contribution in [0.1, 0.15) is 39.2 Å². The molecule has 1 aromatic carbocycles. The molecule has 0 bridgehead atoms. The van der Waals surface area contributed by atoms with Crippen LogP contribution in [0.5, 0.6) is 5.75 Å². The van der Waals surface area contributed by atoms with Crippen molar-refractivity contribution in [1.29, 1.82) is 0 Å². The van der Waals surface area contributed by atoms with Crippen LogP contribution in [0.3, 0.4) is 0 Å². The van der Waals surface area contributed by atoms with E-state index in [0.29, 0.717) is 25.1 Å². The Morgan fingerprint density at radius 3 is 2.75 bits per heavy atom. The summed E-state index contributed by atoms with van der Waals surface area (Å²) in [5, 5.41) is 0.930. The summed E-state index contributed by atoms with van der Waals surface area (Å²) in [5.41, 5.74) is 9.39. The lowest BCUT2D eigenvalue weighted by atomic mass is 9.79. The van der Waals surface area contributed by atoms with E-state index in [1.54, 1.807) is 6.33 Å². The predicted molar refractivity (Wildman–Crippen MR) is 127 cm³/mol. The topological polar surface area (TPSA) is 78.4 Å². The van der Waals surface area contributed by atoms with Gasteiger partial charge in [-0.25, -0.2) is 9.97 Å². The molecular formula is C25H33N5O2. The fourth-order valence-electron chi connectivity index (χ4n) is 4.81. The normalized spacial score (nSPS) is 21.0. The van der Waals surface area contributed by atoms with E-state index >= 15 is 0 Å². The number of nitrogens with two attached hydrogens (primary N) is 1. The van der Waals surface area contributed by atoms with E-state index in [9.17, 15) is 0 Å². The molecule has 1 saturated carbocycles. The van der Waals surface area contributed by atoms with E-state index in [1.807, 2.05) is 26.0 Å². The van der Waals surface area contributed by atoms with Crippen LogP contribution in [-0.2, 0) is 4.74 Å². The predicted octanol–water partition coefficient (Wildman–Crippen LogP) is 4.14. The summed E-state index contributed by atoms with van der Waals surface area (Å²) in [6.45, 7) is 8.92. The van der Waals surface area contributed by atoms with Crippen LogP contribution in [0.15, 0.2) is 36.8 Å². The fraction of sp³-hybridized carbons (Fsp3) is 0.520. The molecule has 3 aromatic rings. The number of benzene rings is 1. The van der Waals surface area contributed by atoms with Crippen molar-refractivity contribution in [2.75, 3.05) is 38.6 Å². The lowest BCUT2D eigenvalue weighted by molar-refractivity contribution is 0.0553. The number of aromatic nitrogens is 3. The Hall–Kier alpha value is -2.64. The van der Waals surface area contributed by atoms with Crippen LogP contribution in [0, 0.1) is 5.92 Å². The minimum Gasteiger partial charge on any atom is -0.491 e. The molecule has 7 heteroatoms. The van der Waals surface area contributed by atoms with Crippen molar-refractivity contribution in [2.45, 2.75) is 45.3 Å². The second kappa shape index (κ2) is 9.08. The van der Waals surface area contributed by atoms with E-state index in [2.05, 4.69) is 37.8 Å². The molecule has 2 aromatic heterocycles. The third-order valence-corrected chi connectivity index (χ3v) is 6.66. The number of fused-ring (bicyclic) bond motifs is 1. The summed E-state index contributed by atoms with van der Waals surface area (Å²) >= 11 is 0. The number of rotatable bonds is 9. The van der Waals surface area contributed by atoms with Gasteiger partial charge in [-0.1, -0.05) is 12.1 Å². The van der Waals surface area contributed by atoms with Crippen molar-refractivity contribution >= 4 is 16.9 Å². The van der Waals surface area contributed by atoms with E-state index in [-0.39, 0.29) is 6.10 Å². The number of hydrogen-bond acceptors (Lipinski definition) is 6. The van der Waals surface area contributed by atoms with Crippen LogP contribution in [0.25, 0.3) is 22.2 Å². The molecule has 3 heterocycles. The third kappa shape index (κ3) is 4.32. The number of nitrogens with zero attached hydrogens (tertiary/aromatic N) is 4. The average molecular weight is 436 g/mol. The van der Waals surface area contributed by atoms with Gasteiger partial charge < -0.3 is 24.7 Å². The Morgan fingerprint density at radius 1 is 1.16 bits per heavy atom. The summed E-state index contributed by atoms with van der Waals surface area (Å²) < 4.78 is 13.8. The zero-order chi connectivity index (χ0) is 22.1. The van der Waals surface area contributed by atoms with Crippen molar-refractivity contribution in [2.24, 2.45) is 5.92 Å². The van der Waals surface area contributed by atoms with E-state index < -0.39 is 0 Å². The molecule has 170 valence electrons. The summed E-state index contributed by atoms with van der Waals surface area (Å²) in [6, 6.07) is 8.62. The molecule has 2 fully saturated rings. The third-order valence-electron chi connectivity index (χ3n) is 6.66. The minimum absolute atomic E-state index is 0.205. The van der Waals surface area contributed by atoms with Crippen LogP contribution in [0.4, 0.5) is 5.82 Å². The molecule has 2 aliphatic rings. The maximum Gasteiger partial charge on any atom is 0.146 e. The van der Waals surface area contributed by atoms with Crippen LogP contribution >= 0.6 is 0 Å². The van der Waals surface area contributed by atoms with Crippen molar-refractivity contribution in [1.82, 2.24) is 19.4 Å². The van der Waals surface area contributed by atoms with Crippen LogP contribution in [-0.4, -0.2) is 58.4 Å². The molecule has 1 saturated heterocycles. The number of likely N-dealkylation sites (tertiary alicyclic amines) is 1. The Bertz CT molecular complexity index is 1070. The summed E-state index contributed by atoms with van der Waals surface area (Å²) in [6.07, 6.45) is 7.73. The van der Waals surface area contributed by atoms with E-state index in [4.69, 9.17) is 15.2 Å². The Labute approximate surface area is 189 Å². The second-order valence-corrected chi connectivity index (χ2v) is 9.35. The minimum atomic E-state index is 0.205. The zero-order valence-corrected chi connectivity index (χ0v) is 19.0. The first-order chi connectivity index (χ1) is 15.6. The number of hydrogen-bond donors (Lipinski definition) is 1. The summed E-state index contributed by atoms with van der Waals surface area (Å²) in [4.78, 5) is 11.5. The molecule has 32 heavy (non-hydrogen) atoms. The highest BCUT2D eigenvalue weighted by Gasteiger charge is 2.34. The van der Waals surface area contributed by atoms with Crippen LogP contribution in [0.2, 0.25) is 0 Å². The highest BCUT2D eigenvalue weighted by molar-refractivity contribution is 6.00. The second-order valence-electron chi connectivity index (χ2n) is 9.35. The Morgan fingerprint density at radius 2 is 2.00 bits per heavy atom. The smallest absolute Gasteiger partial charge is 0.146 e. The van der Waals surface area contributed by atoms with E-state index in [1.165, 1.54) is 38.9 Å². The first kappa shape index (κ1) is 21.2. The molecule has 5 rings (SSSR count). The van der Waals surface area contributed by atoms with Gasteiger partial charge in [0.1, 0.15) is 30.1 Å². The highest BCUT2D eigenvalue weighted by atomic mass is 16.5. The zero-order valence-electron chi connectivity index (χ0n) is 19.0. The lowest BCUT2D eigenvalue weighted by Gasteiger charge is -2.42. The molecule has 2 N–H and O–H groups in total. The maximum atomic E-state index is 6.33. The van der Waals surface area contributed by atoms with E-state index in [0.717, 1.165) is 33.8 Å². The molecule has 0 amide bonds. The standard InChI is InChI=1S/C25H33N5O2/c1-17(2)31-9-10-32-21-6-3-5-19(13-21)22-15-30(25-23(22)24(26)27-16-28-25)20-11-18(12-20)14-29-7-4-8-29/h3,5-6,13,15-18,20H,4,7-12,14H2,1-2H3,(H2,26,27,28). The number of ether oxygens (including phenoxy) is 2. The van der Waals surface area contributed by atoms with Crippen LogP contribution < -0.4 is 10.5 Å². The van der Waals surface area contributed by atoms with Gasteiger partial charge in [0.15, 0.2) is 0 Å². The largest absolute Gasteiger partial charge is 0.491 e. The molecule has 0 spiro atoms. The highest BCUT2D eigenvalue weighted by Crippen LogP contribution is 2.43. The quantitative estimate of drug-likeness (QED) is 0.509. The lowest BCUT2D eigenvalue weighted by Crippen LogP contribution is -2.43. The van der Waals surface area contributed by atoms with Crippen molar-refractivity contribution in [3.05, 3.63) is 36.8 Å².